The average molecular weight is 269 g/mol. The summed E-state index contributed by atoms with van der Waals surface area (Å²) in [6.07, 6.45) is 7.50. The summed E-state index contributed by atoms with van der Waals surface area (Å²) in [6.45, 7) is 3.38. The Balaban J connectivity index is 1.68. The molecule has 3 rings (SSSR count). The highest BCUT2D eigenvalue weighted by Crippen LogP contribution is 2.37. The Kier molecular flexibility index (Phi) is 3.88. The maximum atomic E-state index is 6.38. The Morgan fingerprint density at radius 3 is 2.75 bits per heavy atom. The first kappa shape index (κ1) is 13.4. The molecule has 3 nitrogen and oxygen atoms in total. The minimum atomic E-state index is 0.0197. The molecule has 0 spiro atoms. The molecule has 1 aromatic heterocycles. The first-order chi connectivity index (χ1) is 9.74. The normalized spacial score (nSPS) is 17.9. The van der Waals surface area contributed by atoms with Crippen LogP contribution < -0.4 is 5.73 Å². The first-order valence-corrected chi connectivity index (χ1v) is 7.53. The van der Waals surface area contributed by atoms with Crippen molar-refractivity contribution in [3.63, 3.8) is 0 Å². The molecule has 1 aliphatic carbocycles. The molecule has 3 heteroatoms. The second kappa shape index (κ2) is 5.80. The lowest BCUT2D eigenvalue weighted by atomic mass is 10.0. The van der Waals surface area contributed by atoms with Gasteiger partial charge in [0.1, 0.15) is 0 Å². The van der Waals surface area contributed by atoms with Crippen LogP contribution in [0.5, 0.6) is 0 Å². The van der Waals surface area contributed by atoms with Gasteiger partial charge in [0, 0.05) is 12.7 Å². The summed E-state index contributed by atoms with van der Waals surface area (Å²) in [6, 6.07) is 10.5. The highest BCUT2D eigenvalue weighted by molar-refractivity contribution is 5.18. The van der Waals surface area contributed by atoms with Gasteiger partial charge in [0.2, 0.25) is 0 Å². The fourth-order valence-corrected chi connectivity index (χ4v) is 2.89. The number of hydrogen-bond donors (Lipinski definition) is 1. The van der Waals surface area contributed by atoms with E-state index < -0.39 is 0 Å². The highest BCUT2D eigenvalue weighted by Gasteiger charge is 2.28. The zero-order valence-electron chi connectivity index (χ0n) is 12.1. The Morgan fingerprint density at radius 2 is 2.05 bits per heavy atom. The van der Waals surface area contributed by atoms with Gasteiger partial charge in [-0.2, -0.15) is 0 Å². The predicted octanol–water partition coefficient (Wildman–Crippen LogP) is 3.17. The second-order valence-corrected chi connectivity index (χ2v) is 6.08. The second-order valence-electron chi connectivity index (χ2n) is 6.08. The molecule has 0 saturated heterocycles. The maximum absolute atomic E-state index is 6.38. The van der Waals surface area contributed by atoms with Crippen molar-refractivity contribution in [3.05, 3.63) is 54.1 Å². The molecule has 1 aromatic carbocycles. The summed E-state index contributed by atoms with van der Waals surface area (Å²) in [7, 11) is 0. The highest BCUT2D eigenvalue weighted by atomic mass is 15.1. The fraction of sp³-hybridized carbons (Fsp3) is 0.471. The van der Waals surface area contributed by atoms with Crippen LogP contribution in [0.25, 0.3) is 0 Å². The summed E-state index contributed by atoms with van der Waals surface area (Å²) in [4.78, 5) is 4.30. The monoisotopic (exact) mass is 269 g/mol. The van der Waals surface area contributed by atoms with Crippen molar-refractivity contribution in [3.8, 4) is 0 Å². The van der Waals surface area contributed by atoms with Gasteiger partial charge in [-0.25, -0.2) is 4.98 Å². The van der Waals surface area contributed by atoms with E-state index in [4.69, 9.17) is 5.73 Å². The lowest BCUT2D eigenvalue weighted by Gasteiger charge is -2.18. The van der Waals surface area contributed by atoms with Gasteiger partial charge in [-0.1, -0.05) is 37.3 Å². The van der Waals surface area contributed by atoms with Gasteiger partial charge in [0.05, 0.1) is 18.1 Å². The molecular weight excluding hydrogens is 246 g/mol. The summed E-state index contributed by atoms with van der Waals surface area (Å²) < 4.78 is 2.25. The minimum Gasteiger partial charge on any atom is -0.333 e. The van der Waals surface area contributed by atoms with Gasteiger partial charge in [-0.05, 0) is 36.7 Å². The van der Waals surface area contributed by atoms with E-state index in [1.807, 2.05) is 18.6 Å². The van der Waals surface area contributed by atoms with E-state index >= 15 is 0 Å². The number of aromatic nitrogens is 2. The minimum absolute atomic E-state index is 0.0197. The fourth-order valence-electron chi connectivity index (χ4n) is 2.89. The Morgan fingerprint density at radius 1 is 1.30 bits per heavy atom. The lowest BCUT2D eigenvalue weighted by molar-refractivity contribution is 0.416. The van der Waals surface area contributed by atoms with Crippen LogP contribution in [0.1, 0.15) is 37.1 Å². The number of imidazole rings is 1. The van der Waals surface area contributed by atoms with Crippen LogP contribution in [-0.4, -0.2) is 9.55 Å². The van der Waals surface area contributed by atoms with E-state index in [-0.39, 0.29) is 6.04 Å². The number of nitrogens with zero attached hydrogens (tertiary/aromatic N) is 2. The zero-order chi connectivity index (χ0) is 13.9. The van der Waals surface area contributed by atoms with E-state index in [2.05, 4.69) is 40.7 Å². The number of benzene rings is 1. The van der Waals surface area contributed by atoms with E-state index in [0.29, 0.717) is 0 Å². The van der Waals surface area contributed by atoms with Crippen LogP contribution in [0.4, 0.5) is 0 Å². The van der Waals surface area contributed by atoms with Crippen molar-refractivity contribution >= 4 is 0 Å². The van der Waals surface area contributed by atoms with Crippen LogP contribution >= 0.6 is 0 Å². The average Bonchev–Trinajstić information content (AvgIpc) is 3.20. The molecule has 2 N–H and O–H groups in total. The molecule has 1 heterocycles. The predicted molar refractivity (Wildman–Crippen MR) is 81.2 cm³/mol. The number of rotatable bonds is 6. The largest absolute Gasteiger partial charge is 0.333 e. The molecule has 1 fully saturated rings. The lowest BCUT2D eigenvalue weighted by Crippen LogP contribution is -2.20. The van der Waals surface area contributed by atoms with Crippen molar-refractivity contribution in [1.29, 1.82) is 0 Å². The molecule has 1 aliphatic rings. The maximum Gasteiger partial charge on any atom is 0.0948 e. The van der Waals surface area contributed by atoms with Crippen molar-refractivity contribution in [2.45, 2.75) is 38.8 Å². The summed E-state index contributed by atoms with van der Waals surface area (Å²) in [5, 5.41) is 0. The third-order valence-corrected chi connectivity index (χ3v) is 4.33. The molecule has 1 saturated carbocycles. The Hall–Kier alpha value is -1.61. The molecule has 106 valence electrons. The quantitative estimate of drug-likeness (QED) is 0.875. The molecule has 0 amide bonds. The molecule has 2 aromatic rings. The van der Waals surface area contributed by atoms with Gasteiger partial charge in [0.25, 0.3) is 0 Å². The standard InChI is InChI=1S/C17H23N3/c1-13(15-7-8-15)11-20-12-19-10-17(20)16(18)9-14-5-3-2-4-6-14/h2-6,10,12-13,15-16H,7-9,11,18H2,1H3/t13?,16-/m1/s1. The number of nitrogens with two attached hydrogens (primary N) is 1. The molecule has 0 aliphatic heterocycles. The topological polar surface area (TPSA) is 43.8 Å². The van der Waals surface area contributed by atoms with Crippen molar-refractivity contribution in [2.75, 3.05) is 0 Å². The molecule has 0 radical (unpaired) electrons. The van der Waals surface area contributed by atoms with Gasteiger partial charge >= 0.3 is 0 Å². The van der Waals surface area contributed by atoms with Crippen LogP contribution in [0.2, 0.25) is 0 Å². The van der Waals surface area contributed by atoms with Gasteiger partial charge < -0.3 is 10.3 Å². The summed E-state index contributed by atoms with van der Waals surface area (Å²) in [5.74, 6) is 1.64. The van der Waals surface area contributed by atoms with E-state index in [0.717, 1.165) is 30.5 Å². The van der Waals surface area contributed by atoms with Gasteiger partial charge in [0.15, 0.2) is 0 Å². The third kappa shape index (κ3) is 3.10. The van der Waals surface area contributed by atoms with Crippen LogP contribution in [0.15, 0.2) is 42.9 Å². The van der Waals surface area contributed by atoms with E-state index in [1.54, 1.807) is 0 Å². The van der Waals surface area contributed by atoms with Crippen molar-refractivity contribution in [1.82, 2.24) is 9.55 Å². The SMILES string of the molecule is CC(Cn1cncc1[C@H](N)Cc1ccccc1)C1CC1. The third-order valence-electron chi connectivity index (χ3n) is 4.33. The van der Waals surface area contributed by atoms with Crippen molar-refractivity contribution < 1.29 is 0 Å². The van der Waals surface area contributed by atoms with Crippen molar-refractivity contribution in [2.24, 2.45) is 17.6 Å². The van der Waals surface area contributed by atoms with Gasteiger partial charge in [-0.15, -0.1) is 0 Å². The molecule has 0 bridgehead atoms. The zero-order valence-corrected chi connectivity index (χ0v) is 12.1. The first-order valence-electron chi connectivity index (χ1n) is 7.53. The Bertz CT molecular complexity index is 542. The Labute approximate surface area is 120 Å². The summed E-state index contributed by atoms with van der Waals surface area (Å²) in [5.41, 5.74) is 8.81. The molecule has 1 unspecified atom stereocenters. The summed E-state index contributed by atoms with van der Waals surface area (Å²) >= 11 is 0. The van der Waals surface area contributed by atoms with Crippen LogP contribution in [0.3, 0.4) is 0 Å². The van der Waals surface area contributed by atoms with E-state index in [1.165, 1.54) is 18.4 Å². The molecule has 20 heavy (non-hydrogen) atoms. The van der Waals surface area contributed by atoms with Gasteiger partial charge in [-0.3, -0.25) is 0 Å². The van der Waals surface area contributed by atoms with Crippen LogP contribution in [0, 0.1) is 11.8 Å². The smallest absolute Gasteiger partial charge is 0.0948 e. The molecular formula is C17H23N3. The van der Waals surface area contributed by atoms with E-state index in [9.17, 15) is 0 Å². The van der Waals surface area contributed by atoms with Crippen LogP contribution in [-0.2, 0) is 13.0 Å². The number of hydrogen-bond acceptors (Lipinski definition) is 2. The molecule has 2 atom stereocenters.